The van der Waals surface area contributed by atoms with Crippen LogP contribution in [0.15, 0.2) is 24.5 Å². The molecule has 5 nitrogen and oxygen atoms in total. The first kappa shape index (κ1) is 9.51. The molecule has 0 aliphatic carbocycles. The Labute approximate surface area is 86.8 Å². The van der Waals surface area contributed by atoms with Crippen LogP contribution in [0.5, 0.6) is 0 Å². The molecule has 0 bridgehead atoms. The van der Waals surface area contributed by atoms with Crippen molar-refractivity contribution in [2.45, 2.75) is 13.8 Å². The molecule has 0 aliphatic heterocycles. The Morgan fingerprint density at radius 3 is 2.53 bits per heavy atom. The van der Waals surface area contributed by atoms with Gasteiger partial charge in [-0.2, -0.15) is 10.2 Å². The summed E-state index contributed by atoms with van der Waals surface area (Å²) in [5.74, 6) is -0.0917. The Balaban J connectivity index is 2.61. The van der Waals surface area contributed by atoms with E-state index in [1.165, 1.54) is 11.7 Å². The highest BCUT2D eigenvalue weighted by Gasteiger charge is 2.11. The number of hydrogen-bond donors (Lipinski definition) is 0. The lowest BCUT2D eigenvalue weighted by molar-refractivity contribution is 0.101. The zero-order chi connectivity index (χ0) is 10.8. The molecule has 2 aromatic heterocycles. The number of carbonyl (C=O) groups excluding carboxylic acids is 1. The van der Waals surface area contributed by atoms with Gasteiger partial charge in [-0.1, -0.05) is 0 Å². The van der Waals surface area contributed by atoms with E-state index in [4.69, 9.17) is 0 Å². The highest BCUT2D eigenvalue weighted by atomic mass is 16.1. The number of Topliss-reactive ketones (excluding diaryl/α,β-unsaturated/α-hetero) is 1. The number of nitrogens with zero attached hydrogens (tertiary/aromatic N) is 4. The smallest absolute Gasteiger partial charge is 0.180 e. The van der Waals surface area contributed by atoms with Gasteiger partial charge in [0.1, 0.15) is 11.4 Å². The van der Waals surface area contributed by atoms with Crippen molar-refractivity contribution in [3.63, 3.8) is 0 Å². The molecule has 15 heavy (non-hydrogen) atoms. The third kappa shape index (κ3) is 1.76. The summed E-state index contributed by atoms with van der Waals surface area (Å²) in [5.41, 5.74) is 1.81. The molecule has 0 radical (unpaired) electrons. The monoisotopic (exact) mass is 202 g/mol. The van der Waals surface area contributed by atoms with Gasteiger partial charge < -0.3 is 0 Å². The largest absolute Gasteiger partial charge is 0.293 e. The lowest BCUT2D eigenvalue weighted by Gasteiger charge is -2.05. The average Bonchev–Trinajstić information content (AvgIpc) is 2.70. The standard InChI is InChI=1S/C10H10N4O/c1-7-3-4-9(10(13-7)8(2)15)14-11-5-6-12-14/h3-6H,1-2H3. The summed E-state index contributed by atoms with van der Waals surface area (Å²) in [6.07, 6.45) is 3.12. The number of rotatable bonds is 2. The molecule has 0 N–H and O–H groups in total. The summed E-state index contributed by atoms with van der Waals surface area (Å²) >= 11 is 0. The third-order valence-corrected chi connectivity index (χ3v) is 1.98. The van der Waals surface area contributed by atoms with Crippen LogP contribution in [0.3, 0.4) is 0 Å². The molecule has 2 heterocycles. The Bertz CT molecular complexity index is 490. The van der Waals surface area contributed by atoms with Gasteiger partial charge in [-0.25, -0.2) is 4.98 Å². The molecule has 0 fully saturated rings. The Morgan fingerprint density at radius 1 is 1.27 bits per heavy atom. The molecule has 2 rings (SSSR count). The molecule has 0 aliphatic rings. The summed E-state index contributed by atoms with van der Waals surface area (Å²) in [6.45, 7) is 3.32. The van der Waals surface area contributed by atoms with Crippen LogP contribution in [-0.4, -0.2) is 25.8 Å². The molecule has 2 aromatic rings. The van der Waals surface area contributed by atoms with Crippen molar-refractivity contribution >= 4 is 5.78 Å². The average molecular weight is 202 g/mol. The van der Waals surface area contributed by atoms with E-state index in [2.05, 4.69) is 15.2 Å². The van der Waals surface area contributed by atoms with E-state index in [9.17, 15) is 4.79 Å². The van der Waals surface area contributed by atoms with Crippen LogP contribution in [0.1, 0.15) is 23.1 Å². The van der Waals surface area contributed by atoms with E-state index in [1.807, 2.05) is 13.0 Å². The number of carbonyl (C=O) groups is 1. The normalized spacial score (nSPS) is 10.3. The van der Waals surface area contributed by atoms with E-state index in [1.54, 1.807) is 18.5 Å². The van der Waals surface area contributed by atoms with E-state index in [0.29, 0.717) is 11.4 Å². The van der Waals surface area contributed by atoms with Crippen molar-refractivity contribution in [1.29, 1.82) is 0 Å². The number of hydrogen-bond acceptors (Lipinski definition) is 4. The highest BCUT2D eigenvalue weighted by Crippen LogP contribution is 2.11. The van der Waals surface area contributed by atoms with Crippen molar-refractivity contribution in [1.82, 2.24) is 20.0 Å². The predicted octanol–water partition coefficient (Wildman–Crippen LogP) is 1.17. The first-order valence-electron chi connectivity index (χ1n) is 4.54. The molecule has 0 saturated heterocycles. The van der Waals surface area contributed by atoms with Crippen LogP contribution in [-0.2, 0) is 0 Å². The minimum atomic E-state index is -0.0917. The Hall–Kier alpha value is -2.04. The number of aryl methyl sites for hydroxylation is 1. The van der Waals surface area contributed by atoms with Gasteiger partial charge in [-0.3, -0.25) is 4.79 Å². The first-order chi connectivity index (χ1) is 7.18. The Morgan fingerprint density at radius 2 is 1.93 bits per heavy atom. The predicted molar refractivity (Wildman–Crippen MR) is 53.9 cm³/mol. The molecule has 76 valence electrons. The number of aromatic nitrogens is 4. The van der Waals surface area contributed by atoms with Crippen LogP contribution in [0.4, 0.5) is 0 Å². The van der Waals surface area contributed by atoms with Gasteiger partial charge in [-0.05, 0) is 19.1 Å². The van der Waals surface area contributed by atoms with Gasteiger partial charge in [0, 0.05) is 12.6 Å². The molecular weight excluding hydrogens is 192 g/mol. The quantitative estimate of drug-likeness (QED) is 0.686. The number of pyridine rings is 1. The van der Waals surface area contributed by atoms with Gasteiger partial charge in [0.2, 0.25) is 0 Å². The fourth-order valence-electron chi connectivity index (χ4n) is 1.31. The highest BCUT2D eigenvalue weighted by molar-refractivity contribution is 5.95. The van der Waals surface area contributed by atoms with Crippen molar-refractivity contribution < 1.29 is 4.79 Å². The molecule has 0 amide bonds. The maximum atomic E-state index is 11.4. The molecule has 5 heteroatoms. The maximum absolute atomic E-state index is 11.4. The molecule has 0 saturated carbocycles. The van der Waals surface area contributed by atoms with E-state index in [-0.39, 0.29) is 5.78 Å². The lowest BCUT2D eigenvalue weighted by atomic mass is 10.2. The van der Waals surface area contributed by atoms with Gasteiger partial charge in [-0.15, -0.1) is 4.80 Å². The van der Waals surface area contributed by atoms with Gasteiger partial charge in [0.15, 0.2) is 5.78 Å². The summed E-state index contributed by atoms with van der Waals surface area (Å²) in [4.78, 5) is 17.0. The molecule has 0 unspecified atom stereocenters. The molecule has 0 spiro atoms. The zero-order valence-electron chi connectivity index (χ0n) is 8.51. The van der Waals surface area contributed by atoms with Gasteiger partial charge in [0.05, 0.1) is 12.4 Å². The van der Waals surface area contributed by atoms with E-state index < -0.39 is 0 Å². The van der Waals surface area contributed by atoms with Crippen LogP contribution >= 0.6 is 0 Å². The SMILES string of the molecule is CC(=O)c1nc(C)ccc1-n1nccn1. The fraction of sp³-hybridized carbons (Fsp3) is 0.200. The van der Waals surface area contributed by atoms with Crippen LogP contribution in [0.25, 0.3) is 5.69 Å². The fourth-order valence-corrected chi connectivity index (χ4v) is 1.31. The third-order valence-electron chi connectivity index (χ3n) is 1.98. The maximum Gasteiger partial charge on any atom is 0.180 e. The minimum absolute atomic E-state index is 0.0917. The molecule has 0 atom stereocenters. The van der Waals surface area contributed by atoms with Crippen LogP contribution < -0.4 is 0 Å². The van der Waals surface area contributed by atoms with Crippen molar-refractivity contribution in [2.75, 3.05) is 0 Å². The van der Waals surface area contributed by atoms with Crippen molar-refractivity contribution in [2.24, 2.45) is 0 Å². The van der Waals surface area contributed by atoms with Crippen LogP contribution in [0.2, 0.25) is 0 Å². The lowest BCUT2D eigenvalue weighted by Crippen LogP contribution is -2.09. The summed E-state index contributed by atoms with van der Waals surface area (Å²) in [5, 5.41) is 7.95. The summed E-state index contributed by atoms with van der Waals surface area (Å²) in [6, 6.07) is 3.62. The second-order valence-electron chi connectivity index (χ2n) is 3.20. The minimum Gasteiger partial charge on any atom is -0.293 e. The molecular formula is C10H10N4O. The second kappa shape index (κ2) is 3.61. The zero-order valence-corrected chi connectivity index (χ0v) is 8.51. The van der Waals surface area contributed by atoms with Crippen LogP contribution in [0, 0.1) is 6.92 Å². The first-order valence-corrected chi connectivity index (χ1v) is 4.54. The van der Waals surface area contributed by atoms with Gasteiger partial charge in [0.25, 0.3) is 0 Å². The summed E-state index contributed by atoms with van der Waals surface area (Å²) in [7, 11) is 0. The van der Waals surface area contributed by atoms with Gasteiger partial charge >= 0.3 is 0 Å². The Kier molecular flexibility index (Phi) is 2.29. The van der Waals surface area contributed by atoms with E-state index >= 15 is 0 Å². The summed E-state index contributed by atoms with van der Waals surface area (Å²) < 4.78 is 0. The topological polar surface area (TPSA) is 60.7 Å². The van der Waals surface area contributed by atoms with E-state index in [0.717, 1.165) is 5.69 Å². The molecule has 0 aromatic carbocycles. The second-order valence-corrected chi connectivity index (χ2v) is 3.20. The number of ketones is 1. The van der Waals surface area contributed by atoms with Crippen molar-refractivity contribution in [3.05, 3.63) is 35.9 Å². The van der Waals surface area contributed by atoms with Crippen molar-refractivity contribution in [3.8, 4) is 5.69 Å².